The molecule has 0 aliphatic heterocycles. The van der Waals surface area contributed by atoms with Crippen LogP contribution in [-0.2, 0) is 0 Å². The average molecular weight is 684 g/mol. The molecule has 5 aromatic rings. The van der Waals surface area contributed by atoms with E-state index in [-0.39, 0.29) is 0 Å². The van der Waals surface area contributed by atoms with Crippen LogP contribution in [0.15, 0.2) is 95.7 Å². The summed E-state index contributed by atoms with van der Waals surface area (Å²) < 4.78 is 19.0. The van der Waals surface area contributed by atoms with Crippen LogP contribution in [0.4, 0.5) is 0 Å². The van der Waals surface area contributed by atoms with E-state index in [1.54, 1.807) is 0 Å². The summed E-state index contributed by atoms with van der Waals surface area (Å²) >= 11 is 0. The van der Waals surface area contributed by atoms with Crippen LogP contribution in [0, 0.1) is 0 Å². The molecule has 0 N–H and O–H groups in total. The Bertz CT molecular complexity index is 1760. The zero-order valence-corrected chi connectivity index (χ0v) is 30.4. The molecule has 0 aliphatic carbocycles. The predicted octanol–water partition coefficient (Wildman–Crippen LogP) is 12.6. The van der Waals surface area contributed by atoms with Gasteiger partial charge >= 0.3 is 0 Å². The molecule has 0 bridgehead atoms. The SMILES string of the molecule is CCCCCCCCOc1cc(/C=C/c2ccc(-c3nnc(-c4ccccc4)o3)cc2)c(OCCCCCCCC)cc1/C=C/c1ccncc1. The molecule has 0 amide bonds. The van der Waals surface area contributed by atoms with Crippen LogP contribution < -0.4 is 9.47 Å². The van der Waals surface area contributed by atoms with E-state index in [2.05, 4.69) is 77.6 Å². The molecule has 5 rings (SSSR count). The highest BCUT2D eigenvalue weighted by Crippen LogP contribution is 2.33. The van der Waals surface area contributed by atoms with Gasteiger partial charge in [-0.1, -0.05) is 133 Å². The minimum absolute atomic E-state index is 0.498. The fraction of sp³-hybridized carbons (Fsp3) is 0.356. The summed E-state index contributed by atoms with van der Waals surface area (Å²) in [5.74, 6) is 2.73. The Morgan fingerprint density at radius 2 is 0.980 bits per heavy atom. The van der Waals surface area contributed by atoms with Gasteiger partial charge in [-0.2, -0.15) is 0 Å². The molecule has 0 saturated carbocycles. The number of benzene rings is 3. The van der Waals surface area contributed by atoms with Gasteiger partial charge in [0.05, 0.1) is 13.2 Å². The first-order valence-corrected chi connectivity index (χ1v) is 18.9. The number of ether oxygens (including phenoxy) is 2. The monoisotopic (exact) mass is 683 g/mol. The number of nitrogens with zero attached hydrogens (tertiary/aromatic N) is 3. The lowest BCUT2D eigenvalue weighted by Gasteiger charge is -2.15. The normalized spacial score (nSPS) is 11.5. The topological polar surface area (TPSA) is 70.3 Å². The summed E-state index contributed by atoms with van der Waals surface area (Å²) in [5.41, 5.74) is 5.92. The van der Waals surface area contributed by atoms with Crippen molar-refractivity contribution < 1.29 is 13.9 Å². The highest BCUT2D eigenvalue weighted by Gasteiger charge is 2.12. The highest BCUT2D eigenvalue weighted by atomic mass is 16.5. The smallest absolute Gasteiger partial charge is 0.248 e. The van der Waals surface area contributed by atoms with Crippen LogP contribution in [-0.4, -0.2) is 28.4 Å². The van der Waals surface area contributed by atoms with Gasteiger partial charge < -0.3 is 13.9 Å². The van der Waals surface area contributed by atoms with E-state index in [4.69, 9.17) is 13.9 Å². The third-order valence-electron chi connectivity index (χ3n) is 8.87. The van der Waals surface area contributed by atoms with Crippen molar-refractivity contribution in [2.24, 2.45) is 0 Å². The first-order valence-electron chi connectivity index (χ1n) is 18.9. The lowest BCUT2D eigenvalue weighted by molar-refractivity contribution is 0.295. The Morgan fingerprint density at radius 1 is 0.510 bits per heavy atom. The maximum Gasteiger partial charge on any atom is 0.248 e. The maximum absolute atomic E-state index is 6.50. The molecule has 0 unspecified atom stereocenters. The van der Waals surface area contributed by atoms with Gasteiger partial charge in [-0.3, -0.25) is 4.98 Å². The zero-order valence-electron chi connectivity index (χ0n) is 30.4. The van der Waals surface area contributed by atoms with Crippen molar-refractivity contribution in [1.82, 2.24) is 15.2 Å². The van der Waals surface area contributed by atoms with Crippen LogP contribution in [0.1, 0.15) is 113 Å². The molecule has 266 valence electrons. The van der Waals surface area contributed by atoms with Gasteiger partial charge in [-0.05, 0) is 72.5 Å². The fourth-order valence-corrected chi connectivity index (χ4v) is 5.85. The van der Waals surface area contributed by atoms with Gasteiger partial charge in [-0.25, -0.2) is 0 Å². The molecule has 2 aromatic heterocycles. The Morgan fingerprint density at radius 3 is 1.51 bits per heavy atom. The minimum atomic E-state index is 0.498. The van der Waals surface area contributed by atoms with Crippen molar-refractivity contribution in [2.75, 3.05) is 13.2 Å². The van der Waals surface area contributed by atoms with Crippen molar-refractivity contribution in [3.05, 3.63) is 114 Å². The van der Waals surface area contributed by atoms with Crippen molar-refractivity contribution >= 4 is 24.3 Å². The summed E-state index contributed by atoms with van der Waals surface area (Å²) in [6, 6.07) is 26.3. The van der Waals surface area contributed by atoms with Crippen LogP contribution in [0.2, 0.25) is 0 Å². The Balaban J connectivity index is 1.35. The van der Waals surface area contributed by atoms with Gasteiger partial charge in [0.15, 0.2) is 0 Å². The number of hydrogen-bond acceptors (Lipinski definition) is 6. The van der Waals surface area contributed by atoms with Gasteiger partial charge in [0.1, 0.15) is 11.5 Å². The molecule has 0 radical (unpaired) electrons. The molecule has 6 heteroatoms. The van der Waals surface area contributed by atoms with Gasteiger partial charge in [0, 0.05) is 34.6 Å². The van der Waals surface area contributed by atoms with Crippen molar-refractivity contribution in [1.29, 1.82) is 0 Å². The minimum Gasteiger partial charge on any atom is -0.493 e. The molecular formula is C45H53N3O3. The van der Waals surface area contributed by atoms with E-state index in [0.29, 0.717) is 25.0 Å². The fourth-order valence-electron chi connectivity index (χ4n) is 5.85. The van der Waals surface area contributed by atoms with Crippen LogP contribution in [0.3, 0.4) is 0 Å². The highest BCUT2D eigenvalue weighted by molar-refractivity contribution is 5.79. The lowest BCUT2D eigenvalue weighted by Crippen LogP contribution is -2.03. The first-order chi connectivity index (χ1) is 25.2. The number of hydrogen-bond donors (Lipinski definition) is 0. The van der Waals surface area contributed by atoms with E-state index in [0.717, 1.165) is 57.7 Å². The van der Waals surface area contributed by atoms with Crippen molar-refractivity contribution in [2.45, 2.75) is 90.9 Å². The largest absolute Gasteiger partial charge is 0.493 e. The second-order valence-corrected chi connectivity index (χ2v) is 13.0. The van der Waals surface area contributed by atoms with E-state index >= 15 is 0 Å². The molecule has 0 saturated heterocycles. The number of aromatic nitrogens is 3. The number of unbranched alkanes of at least 4 members (excludes halogenated alkanes) is 10. The lowest BCUT2D eigenvalue weighted by atomic mass is 10.0. The number of rotatable bonds is 22. The molecule has 0 aliphatic rings. The van der Waals surface area contributed by atoms with E-state index in [1.165, 1.54) is 64.2 Å². The molecule has 51 heavy (non-hydrogen) atoms. The van der Waals surface area contributed by atoms with Crippen LogP contribution in [0.25, 0.3) is 47.2 Å². The zero-order chi connectivity index (χ0) is 35.4. The molecule has 0 fully saturated rings. The second-order valence-electron chi connectivity index (χ2n) is 13.0. The molecule has 2 heterocycles. The van der Waals surface area contributed by atoms with Crippen molar-refractivity contribution in [3.63, 3.8) is 0 Å². The standard InChI is InChI=1S/C45H53N3O3/c1-3-5-7-9-11-16-32-49-42-35-41(27-23-37-28-30-46-31-29-37)43(50-33-17-12-10-8-6-4-2)34-40(42)26-22-36-20-24-39(25-21-36)45-48-47-44(51-45)38-18-14-13-15-19-38/h13-15,18-31,34-35H,3-12,16-17,32-33H2,1-2H3/b26-22+,27-23+. The summed E-state index contributed by atoms with van der Waals surface area (Å²) in [6.45, 7) is 5.88. The average Bonchev–Trinajstić information content (AvgIpc) is 3.68. The molecule has 3 aromatic carbocycles. The molecule has 0 atom stereocenters. The van der Waals surface area contributed by atoms with Crippen molar-refractivity contribution in [3.8, 4) is 34.4 Å². The maximum atomic E-state index is 6.50. The third kappa shape index (κ3) is 12.4. The molecule has 0 spiro atoms. The van der Waals surface area contributed by atoms with Gasteiger partial charge in [-0.15, -0.1) is 10.2 Å². The van der Waals surface area contributed by atoms with E-state index < -0.39 is 0 Å². The van der Waals surface area contributed by atoms with E-state index in [1.807, 2.05) is 67.0 Å². The first kappa shape index (κ1) is 37.3. The quantitative estimate of drug-likeness (QED) is 0.0534. The molecular weight excluding hydrogens is 631 g/mol. The van der Waals surface area contributed by atoms with Gasteiger partial charge in [0.25, 0.3) is 0 Å². The van der Waals surface area contributed by atoms with E-state index in [9.17, 15) is 0 Å². The summed E-state index contributed by atoms with van der Waals surface area (Å²) in [7, 11) is 0. The summed E-state index contributed by atoms with van der Waals surface area (Å²) in [5, 5.41) is 8.53. The van der Waals surface area contributed by atoms with Gasteiger partial charge in [0.2, 0.25) is 11.8 Å². The second kappa shape index (κ2) is 21.3. The Hall–Kier alpha value is -4.97. The summed E-state index contributed by atoms with van der Waals surface area (Å²) in [6.07, 6.45) is 26.7. The molecule has 6 nitrogen and oxygen atoms in total. The van der Waals surface area contributed by atoms with Crippen LogP contribution >= 0.6 is 0 Å². The predicted molar refractivity (Wildman–Crippen MR) is 211 cm³/mol. The number of pyridine rings is 1. The Kier molecular flexibility index (Phi) is 15.6. The summed E-state index contributed by atoms with van der Waals surface area (Å²) in [4.78, 5) is 4.17. The van der Waals surface area contributed by atoms with Crippen LogP contribution in [0.5, 0.6) is 11.5 Å². The third-order valence-corrected chi connectivity index (χ3v) is 8.87. The Labute approximate surface area is 304 Å².